The molecule has 0 aliphatic carbocycles. The molecule has 0 bridgehead atoms. The average Bonchev–Trinajstić information content (AvgIpc) is 3.47. The molecule has 0 aliphatic heterocycles. The van der Waals surface area contributed by atoms with E-state index in [1.54, 1.807) is 18.4 Å². The Morgan fingerprint density at radius 2 is 1.94 bits per heavy atom. The molecule has 1 unspecified atom stereocenters. The van der Waals surface area contributed by atoms with Crippen molar-refractivity contribution in [2.75, 3.05) is 12.9 Å². The quantitative estimate of drug-likeness (QED) is 0.328. The molecule has 0 spiro atoms. The van der Waals surface area contributed by atoms with Gasteiger partial charge in [0.15, 0.2) is 11.0 Å². The lowest BCUT2D eigenvalue weighted by atomic mass is 10.1. The SMILES string of the molecule is COc1ccccc1-n1c(SCC(=O)NC(C)c2ccccc2Cl)nnc1-c1cccs1. The maximum absolute atomic E-state index is 12.7. The van der Waals surface area contributed by atoms with Crippen molar-refractivity contribution in [3.63, 3.8) is 0 Å². The number of benzene rings is 2. The van der Waals surface area contributed by atoms with E-state index < -0.39 is 0 Å². The molecule has 164 valence electrons. The van der Waals surface area contributed by atoms with Crippen LogP contribution in [-0.2, 0) is 4.79 Å². The fourth-order valence-corrected chi connectivity index (χ4v) is 5.03. The third kappa shape index (κ3) is 4.82. The molecule has 1 N–H and O–H groups in total. The van der Waals surface area contributed by atoms with Crippen LogP contribution < -0.4 is 10.1 Å². The highest BCUT2D eigenvalue weighted by molar-refractivity contribution is 7.99. The number of thioether (sulfide) groups is 1. The number of thiophene rings is 1. The van der Waals surface area contributed by atoms with E-state index >= 15 is 0 Å². The minimum Gasteiger partial charge on any atom is -0.495 e. The second-order valence-electron chi connectivity index (χ2n) is 6.89. The minimum atomic E-state index is -0.203. The molecule has 4 aromatic rings. The van der Waals surface area contributed by atoms with Gasteiger partial charge in [-0.3, -0.25) is 9.36 Å². The number of carbonyl (C=O) groups is 1. The van der Waals surface area contributed by atoms with Crippen LogP contribution >= 0.6 is 34.7 Å². The number of ether oxygens (including phenoxy) is 1. The van der Waals surface area contributed by atoms with Crippen LogP contribution in [0.25, 0.3) is 16.4 Å². The van der Waals surface area contributed by atoms with Crippen LogP contribution in [0.5, 0.6) is 5.75 Å². The summed E-state index contributed by atoms with van der Waals surface area (Å²) in [4.78, 5) is 13.6. The zero-order valence-electron chi connectivity index (χ0n) is 17.5. The summed E-state index contributed by atoms with van der Waals surface area (Å²) in [5.41, 5.74) is 1.69. The van der Waals surface area contributed by atoms with E-state index in [1.807, 2.05) is 77.5 Å². The van der Waals surface area contributed by atoms with Crippen molar-refractivity contribution in [1.82, 2.24) is 20.1 Å². The van der Waals surface area contributed by atoms with Gasteiger partial charge in [-0.25, -0.2) is 0 Å². The van der Waals surface area contributed by atoms with Crippen molar-refractivity contribution in [3.8, 4) is 22.1 Å². The van der Waals surface area contributed by atoms with Crippen LogP contribution in [0.3, 0.4) is 0 Å². The van der Waals surface area contributed by atoms with Crippen LogP contribution in [0.1, 0.15) is 18.5 Å². The van der Waals surface area contributed by atoms with Gasteiger partial charge in [-0.2, -0.15) is 0 Å². The van der Waals surface area contributed by atoms with Crippen LogP contribution in [0.2, 0.25) is 5.02 Å². The van der Waals surface area contributed by atoms with Crippen LogP contribution in [-0.4, -0.2) is 33.5 Å². The Bertz CT molecular complexity index is 1210. The van der Waals surface area contributed by atoms with Crippen LogP contribution in [0.15, 0.2) is 71.2 Å². The summed E-state index contributed by atoms with van der Waals surface area (Å²) >= 11 is 9.16. The standard InChI is InChI=1S/C23H21ClN4O2S2/c1-15(16-8-3-4-9-17(16)24)25-21(29)14-32-23-27-26-22(20-12-7-13-31-20)28(23)18-10-5-6-11-19(18)30-2/h3-13,15H,14H2,1-2H3,(H,25,29). The third-order valence-corrected chi connectivity index (χ3v) is 6.92. The highest BCUT2D eigenvalue weighted by Gasteiger charge is 2.21. The van der Waals surface area contributed by atoms with Crippen LogP contribution in [0, 0.1) is 0 Å². The molecule has 0 fully saturated rings. The molecule has 0 radical (unpaired) electrons. The fourth-order valence-electron chi connectivity index (χ4n) is 3.28. The summed E-state index contributed by atoms with van der Waals surface area (Å²) in [6.07, 6.45) is 0. The van der Waals surface area contributed by atoms with Gasteiger partial charge >= 0.3 is 0 Å². The predicted molar refractivity (Wildman–Crippen MR) is 130 cm³/mol. The summed E-state index contributed by atoms with van der Waals surface area (Å²) in [6, 6.07) is 18.9. The third-order valence-electron chi connectivity index (χ3n) is 4.78. The number of hydrogen-bond donors (Lipinski definition) is 1. The number of nitrogens with zero attached hydrogens (tertiary/aromatic N) is 3. The molecule has 2 heterocycles. The first-order chi connectivity index (χ1) is 15.6. The number of hydrogen-bond acceptors (Lipinski definition) is 6. The van der Waals surface area contributed by atoms with Gasteiger partial charge in [-0.05, 0) is 42.1 Å². The lowest BCUT2D eigenvalue weighted by Crippen LogP contribution is -2.28. The molecule has 0 aliphatic rings. The zero-order chi connectivity index (χ0) is 22.5. The largest absolute Gasteiger partial charge is 0.495 e. The molecule has 9 heteroatoms. The van der Waals surface area contributed by atoms with Gasteiger partial charge in [0.25, 0.3) is 0 Å². The molecular formula is C23H21ClN4O2S2. The molecular weight excluding hydrogens is 464 g/mol. The van der Waals surface area contributed by atoms with E-state index in [0.29, 0.717) is 21.8 Å². The molecule has 6 nitrogen and oxygen atoms in total. The zero-order valence-corrected chi connectivity index (χ0v) is 19.9. The van der Waals surface area contributed by atoms with Crippen LogP contribution in [0.4, 0.5) is 0 Å². The monoisotopic (exact) mass is 484 g/mol. The molecule has 0 saturated heterocycles. The summed E-state index contributed by atoms with van der Waals surface area (Å²) < 4.78 is 7.49. The van der Waals surface area contributed by atoms with E-state index in [2.05, 4.69) is 15.5 Å². The normalized spacial score (nSPS) is 11.8. The second-order valence-corrected chi connectivity index (χ2v) is 9.19. The molecule has 1 amide bonds. The van der Waals surface area contributed by atoms with E-state index in [0.717, 1.165) is 16.1 Å². The molecule has 32 heavy (non-hydrogen) atoms. The second kappa shape index (κ2) is 10.2. The Morgan fingerprint density at radius 1 is 1.16 bits per heavy atom. The van der Waals surface area contributed by atoms with E-state index in [4.69, 9.17) is 16.3 Å². The first kappa shape index (κ1) is 22.4. The number of aromatic nitrogens is 3. The van der Waals surface area contributed by atoms with E-state index in [9.17, 15) is 4.79 Å². The maximum atomic E-state index is 12.7. The van der Waals surface area contributed by atoms with Gasteiger partial charge in [0, 0.05) is 5.02 Å². The first-order valence-corrected chi connectivity index (χ1v) is 12.1. The fraction of sp³-hybridized carbons (Fsp3) is 0.174. The Labute approximate surface area is 199 Å². The summed E-state index contributed by atoms with van der Waals surface area (Å²) in [5.74, 6) is 1.47. The highest BCUT2D eigenvalue weighted by Crippen LogP contribution is 2.34. The number of para-hydroxylation sites is 2. The lowest BCUT2D eigenvalue weighted by Gasteiger charge is -2.16. The maximum Gasteiger partial charge on any atom is 0.230 e. The van der Waals surface area contributed by atoms with Crippen molar-refractivity contribution in [1.29, 1.82) is 0 Å². The van der Waals surface area contributed by atoms with Gasteiger partial charge < -0.3 is 10.1 Å². The highest BCUT2D eigenvalue weighted by atomic mass is 35.5. The lowest BCUT2D eigenvalue weighted by molar-refractivity contribution is -0.119. The number of halogens is 1. The van der Waals surface area contributed by atoms with Gasteiger partial charge in [-0.1, -0.05) is 59.8 Å². The Balaban J connectivity index is 1.56. The minimum absolute atomic E-state index is 0.116. The Morgan fingerprint density at radius 3 is 2.69 bits per heavy atom. The molecule has 4 rings (SSSR count). The smallest absolute Gasteiger partial charge is 0.230 e. The number of methoxy groups -OCH3 is 1. The van der Waals surface area contributed by atoms with Gasteiger partial charge in [0.05, 0.1) is 29.5 Å². The number of nitrogens with one attached hydrogen (secondary N) is 1. The number of carbonyl (C=O) groups excluding carboxylic acids is 1. The number of amides is 1. The summed E-state index contributed by atoms with van der Waals surface area (Å²) in [7, 11) is 1.63. The Kier molecular flexibility index (Phi) is 7.14. The summed E-state index contributed by atoms with van der Waals surface area (Å²) in [5, 5.41) is 15.0. The van der Waals surface area contributed by atoms with E-state index in [1.165, 1.54) is 11.8 Å². The molecule has 2 aromatic heterocycles. The predicted octanol–water partition coefficient (Wildman–Crippen LogP) is 5.63. The van der Waals surface area contributed by atoms with Gasteiger partial charge in [0.1, 0.15) is 5.75 Å². The Hall–Kier alpha value is -2.81. The van der Waals surface area contributed by atoms with Crippen molar-refractivity contribution < 1.29 is 9.53 Å². The molecule has 1 atom stereocenters. The van der Waals surface area contributed by atoms with Crippen molar-refractivity contribution in [2.45, 2.75) is 18.1 Å². The van der Waals surface area contributed by atoms with Gasteiger partial charge in [-0.15, -0.1) is 21.5 Å². The van der Waals surface area contributed by atoms with Crippen molar-refractivity contribution >= 4 is 40.6 Å². The molecule has 2 aromatic carbocycles. The molecule has 0 saturated carbocycles. The van der Waals surface area contributed by atoms with E-state index in [-0.39, 0.29) is 17.7 Å². The van der Waals surface area contributed by atoms with Crippen molar-refractivity contribution in [3.05, 3.63) is 76.6 Å². The first-order valence-electron chi connectivity index (χ1n) is 9.87. The average molecular weight is 485 g/mol. The van der Waals surface area contributed by atoms with Crippen molar-refractivity contribution in [2.24, 2.45) is 0 Å². The number of rotatable bonds is 8. The van der Waals surface area contributed by atoms with Gasteiger partial charge in [0.2, 0.25) is 5.91 Å². The summed E-state index contributed by atoms with van der Waals surface area (Å²) in [6.45, 7) is 1.91. The topological polar surface area (TPSA) is 69.0 Å².